The van der Waals surface area contributed by atoms with Crippen LogP contribution in [0.4, 0.5) is 13.2 Å². The SMILES string of the molecule is CCOC(O)c1ccc(C(=N)/C=C(\O)C(F)(F)F)cc1. The second-order valence-corrected chi connectivity index (χ2v) is 3.87. The highest BCUT2D eigenvalue weighted by Gasteiger charge is 2.33. The van der Waals surface area contributed by atoms with Gasteiger partial charge in [-0.3, -0.25) is 0 Å². The molecule has 0 spiro atoms. The first-order valence-electron chi connectivity index (χ1n) is 5.72. The van der Waals surface area contributed by atoms with Gasteiger partial charge in [0.1, 0.15) is 0 Å². The Kier molecular flexibility index (Phi) is 5.29. The van der Waals surface area contributed by atoms with Crippen LogP contribution in [-0.4, -0.2) is 28.7 Å². The van der Waals surface area contributed by atoms with Crippen molar-refractivity contribution in [1.82, 2.24) is 0 Å². The minimum absolute atomic E-state index is 0.174. The molecule has 0 aliphatic rings. The predicted molar refractivity (Wildman–Crippen MR) is 66.6 cm³/mol. The average Bonchev–Trinajstić information content (AvgIpc) is 2.38. The third kappa shape index (κ3) is 4.36. The van der Waals surface area contributed by atoms with Gasteiger partial charge < -0.3 is 20.4 Å². The van der Waals surface area contributed by atoms with Gasteiger partial charge in [0.2, 0.25) is 0 Å². The number of aliphatic hydroxyl groups excluding tert-OH is 2. The molecule has 0 fully saturated rings. The molecule has 3 N–H and O–H groups in total. The third-order valence-corrected chi connectivity index (χ3v) is 2.40. The summed E-state index contributed by atoms with van der Waals surface area (Å²) in [6.45, 7) is 2.01. The first-order chi connectivity index (χ1) is 9.25. The lowest BCUT2D eigenvalue weighted by Crippen LogP contribution is -2.13. The Morgan fingerprint density at radius 1 is 1.35 bits per heavy atom. The number of nitrogens with one attached hydrogen (secondary N) is 1. The molecule has 1 unspecified atom stereocenters. The fourth-order valence-corrected chi connectivity index (χ4v) is 1.38. The minimum Gasteiger partial charge on any atom is -0.504 e. The Hall–Kier alpha value is -1.86. The molecule has 1 atom stereocenters. The lowest BCUT2D eigenvalue weighted by Gasteiger charge is -2.11. The van der Waals surface area contributed by atoms with E-state index >= 15 is 0 Å². The summed E-state index contributed by atoms with van der Waals surface area (Å²) in [5.74, 6) is -1.83. The number of allylic oxidation sites excluding steroid dienone is 2. The predicted octanol–water partition coefficient (Wildman–Crippen LogP) is 3.09. The molecule has 1 rings (SSSR count). The van der Waals surface area contributed by atoms with Crippen molar-refractivity contribution in [1.29, 1.82) is 5.41 Å². The van der Waals surface area contributed by atoms with E-state index in [0.717, 1.165) is 0 Å². The normalized spacial score (nSPS) is 14.2. The Morgan fingerprint density at radius 3 is 2.35 bits per heavy atom. The zero-order valence-corrected chi connectivity index (χ0v) is 10.6. The standard InChI is InChI=1S/C13H14F3NO3/c1-2-20-12(19)9-5-3-8(4-6-9)10(17)7-11(18)13(14,15)16/h3-7,12,17-19H,2H2,1H3/b11-7-,17-10?. The van der Waals surface area contributed by atoms with Gasteiger partial charge in [-0.25, -0.2) is 0 Å². The van der Waals surface area contributed by atoms with E-state index < -0.39 is 23.9 Å². The van der Waals surface area contributed by atoms with Crippen molar-refractivity contribution in [3.63, 3.8) is 0 Å². The molecular weight excluding hydrogens is 275 g/mol. The minimum atomic E-state index is -4.88. The van der Waals surface area contributed by atoms with Crippen molar-refractivity contribution in [2.75, 3.05) is 6.61 Å². The van der Waals surface area contributed by atoms with E-state index in [0.29, 0.717) is 18.2 Å². The summed E-state index contributed by atoms with van der Waals surface area (Å²) in [6.07, 6.45) is -5.67. The first kappa shape index (κ1) is 16.2. The molecule has 0 saturated heterocycles. The number of alkyl halides is 3. The molecule has 0 radical (unpaired) electrons. The topological polar surface area (TPSA) is 73.5 Å². The van der Waals surface area contributed by atoms with Crippen LogP contribution in [0.1, 0.15) is 24.3 Å². The van der Waals surface area contributed by atoms with Crippen LogP contribution in [-0.2, 0) is 4.74 Å². The van der Waals surface area contributed by atoms with Crippen LogP contribution < -0.4 is 0 Å². The first-order valence-corrected chi connectivity index (χ1v) is 5.72. The Balaban J connectivity index is 2.86. The molecular formula is C13H14F3NO3. The van der Waals surface area contributed by atoms with Crippen LogP contribution in [0.25, 0.3) is 0 Å². The van der Waals surface area contributed by atoms with Crippen molar-refractivity contribution in [3.8, 4) is 0 Å². The molecule has 0 amide bonds. The number of hydrogen-bond acceptors (Lipinski definition) is 4. The molecule has 7 heteroatoms. The largest absolute Gasteiger partial charge is 0.504 e. The highest BCUT2D eigenvalue weighted by atomic mass is 19.4. The smallest absolute Gasteiger partial charge is 0.448 e. The van der Waals surface area contributed by atoms with Gasteiger partial charge in [-0.05, 0) is 12.5 Å². The van der Waals surface area contributed by atoms with Gasteiger partial charge in [-0.2, -0.15) is 13.2 Å². The van der Waals surface area contributed by atoms with E-state index in [1.165, 1.54) is 24.3 Å². The van der Waals surface area contributed by atoms with E-state index in [4.69, 9.17) is 15.3 Å². The van der Waals surface area contributed by atoms with Crippen LogP contribution in [0, 0.1) is 5.41 Å². The summed E-state index contributed by atoms with van der Waals surface area (Å²) in [4.78, 5) is 0. The van der Waals surface area contributed by atoms with Gasteiger partial charge in [0.25, 0.3) is 0 Å². The van der Waals surface area contributed by atoms with Crippen molar-refractivity contribution < 1.29 is 28.1 Å². The summed E-state index contributed by atoms with van der Waals surface area (Å²) >= 11 is 0. The van der Waals surface area contributed by atoms with E-state index in [-0.39, 0.29) is 5.56 Å². The van der Waals surface area contributed by atoms with Gasteiger partial charge in [-0.1, -0.05) is 24.3 Å². The van der Waals surface area contributed by atoms with Crippen molar-refractivity contribution in [2.24, 2.45) is 0 Å². The Labute approximate surface area is 113 Å². The van der Waals surface area contributed by atoms with E-state index in [1.807, 2.05) is 0 Å². The fraction of sp³-hybridized carbons (Fsp3) is 0.308. The number of ether oxygens (including phenoxy) is 1. The number of halogens is 3. The molecule has 0 saturated carbocycles. The summed E-state index contributed by atoms with van der Waals surface area (Å²) in [6, 6.07) is 5.59. The van der Waals surface area contributed by atoms with Gasteiger partial charge in [0.15, 0.2) is 12.0 Å². The number of hydrogen-bond donors (Lipinski definition) is 3. The summed E-state index contributed by atoms with van der Waals surface area (Å²) in [7, 11) is 0. The Morgan fingerprint density at radius 2 is 1.90 bits per heavy atom. The van der Waals surface area contributed by atoms with Crippen molar-refractivity contribution >= 4 is 5.71 Å². The zero-order valence-electron chi connectivity index (χ0n) is 10.6. The maximum Gasteiger partial charge on any atom is 0.448 e. The third-order valence-electron chi connectivity index (χ3n) is 2.40. The second kappa shape index (κ2) is 6.53. The number of aliphatic hydroxyl groups is 2. The van der Waals surface area contributed by atoms with Crippen LogP contribution >= 0.6 is 0 Å². The fourth-order valence-electron chi connectivity index (χ4n) is 1.38. The van der Waals surface area contributed by atoms with Crippen molar-refractivity contribution in [2.45, 2.75) is 19.4 Å². The van der Waals surface area contributed by atoms with Crippen LogP contribution in [0.2, 0.25) is 0 Å². The molecule has 0 aliphatic heterocycles. The van der Waals surface area contributed by atoms with Crippen LogP contribution in [0.3, 0.4) is 0 Å². The second-order valence-electron chi connectivity index (χ2n) is 3.87. The molecule has 20 heavy (non-hydrogen) atoms. The van der Waals surface area contributed by atoms with Crippen molar-refractivity contribution in [3.05, 3.63) is 47.2 Å². The molecule has 0 aliphatic carbocycles. The highest BCUT2D eigenvalue weighted by Crippen LogP contribution is 2.23. The summed E-state index contributed by atoms with van der Waals surface area (Å²) in [5.41, 5.74) is 0.109. The lowest BCUT2D eigenvalue weighted by atomic mass is 10.1. The van der Waals surface area contributed by atoms with Crippen LogP contribution in [0.5, 0.6) is 0 Å². The highest BCUT2D eigenvalue weighted by molar-refractivity contribution is 6.06. The maximum atomic E-state index is 12.1. The molecule has 0 bridgehead atoms. The van der Waals surface area contributed by atoms with Crippen LogP contribution in [0.15, 0.2) is 36.1 Å². The molecule has 1 aromatic carbocycles. The van der Waals surface area contributed by atoms with Gasteiger partial charge >= 0.3 is 6.18 Å². The maximum absolute atomic E-state index is 12.1. The molecule has 4 nitrogen and oxygen atoms in total. The monoisotopic (exact) mass is 289 g/mol. The Bertz CT molecular complexity index is 495. The van der Waals surface area contributed by atoms with Gasteiger partial charge in [0.05, 0.1) is 5.71 Å². The molecule has 0 aromatic heterocycles. The number of rotatable bonds is 5. The summed E-state index contributed by atoms with van der Waals surface area (Å²) < 4.78 is 41.3. The molecule has 110 valence electrons. The van der Waals surface area contributed by atoms with E-state index in [1.54, 1.807) is 6.92 Å². The quantitative estimate of drug-likeness (QED) is 0.443. The van der Waals surface area contributed by atoms with E-state index in [2.05, 4.69) is 0 Å². The average molecular weight is 289 g/mol. The van der Waals surface area contributed by atoms with E-state index in [9.17, 15) is 18.3 Å². The summed E-state index contributed by atoms with van der Waals surface area (Å²) in [5, 5.41) is 25.8. The van der Waals surface area contributed by atoms with Gasteiger partial charge in [0, 0.05) is 18.2 Å². The van der Waals surface area contributed by atoms with Gasteiger partial charge in [-0.15, -0.1) is 0 Å². The molecule has 0 heterocycles. The lowest BCUT2D eigenvalue weighted by molar-refractivity contribution is -0.120. The molecule has 1 aromatic rings. The zero-order chi connectivity index (χ0) is 15.3. The number of benzene rings is 1.